The van der Waals surface area contributed by atoms with Crippen LogP contribution in [0.25, 0.3) is 0 Å². The van der Waals surface area contributed by atoms with Crippen LogP contribution in [0.2, 0.25) is 0 Å². The Morgan fingerprint density at radius 1 is 1.09 bits per heavy atom. The largest absolute Gasteiger partial charge is 0.356 e. The van der Waals surface area contributed by atoms with E-state index in [1.165, 1.54) is 0 Å². The lowest BCUT2D eigenvalue weighted by Crippen LogP contribution is -2.31. The van der Waals surface area contributed by atoms with Gasteiger partial charge in [-0.2, -0.15) is 0 Å². The maximum atomic E-state index is 13.1. The van der Waals surface area contributed by atoms with Crippen molar-refractivity contribution in [3.8, 4) is 0 Å². The first kappa shape index (κ1) is 19.5. The number of carbonyl (C=O) groups is 1. The van der Waals surface area contributed by atoms with Crippen molar-refractivity contribution < 1.29 is 22.0 Å². The van der Waals surface area contributed by atoms with Gasteiger partial charge in [-0.3, -0.25) is 4.79 Å². The summed E-state index contributed by atoms with van der Waals surface area (Å²) in [7, 11) is -3.96. The third-order valence-corrected chi connectivity index (χ3v) is 4.66. The van der Waals surface area contributed by atoms with Gasteiger partial charge in [-0.15, -0.1) is 0 Å². The van der Waals surface area contributed by atoms with Crippen molar-refractivity contribution in [3.05, 3.63) is 29.8 Å². The highest BCUT2D eigenvalue weighted by Gasteiger charge is 2.16. The number of unbranched alkanes of at least 4 members (excludes halogenated alkanes) is 3. The van der Waals surface area contributed by atoms with Gasteiger partial charge in [-0.05, 0) is 24.6 Å². The van der Waals surface area contributed by atoms with E-state index in [4.69, 9.17) is 0 Å². The fourth-order valence-electron chi connectivity index (χ4n) is 1.89. The second kappa shape index (κ2) is 9.57. The lowest BCUT2D eigenvalue weighted by atomic mass is 10.2. The van der Waals surface area contributed by atoms with E-state index in [9.17, 15) is 22.0 Å². The predicted octanol–water partition coefficient (Wildman–Crippen LogP) is 2.33. The molecule has 1 amide bonds. The Morgan fingerprint density at radius 3 is 2.48 bits per heavy atom. The molecule has 0 aliphatic carbocycles. The lowest BCUT2D eigenvalue weighted by molar-refractivity contribution is -0.120. The van der Waals surface area contributed by atoms with Gasteiger partial charge in [0.25, 0.3) is 0 Å². The van der Waals surface area contributed by atoms with Crippen LogP contribution in [0.1, 0.15) is 39.0 Å². The number of rotatable bonds is 10. The number of benzene rings is 1. The molecule has 0 heterocycles. The van der Waals surface area contributed by atoms with Crippen molar-refractivity contribution in [1.29, 1.82) is 0 Å². The maximum absolute atomic E-state index is 13.1. The molecule has 0 saturated heterocycles. The quantitative estimate of drug-likeness (QED) is 0.637. The first-order valence-corrected chi connectivity index (χ1v) is 9.06. The third kappa shape index (κ3) is 7.04. The predicted molar refractivity (Wildman–Crippen MR) is 83.3 cm³/mol. The van der Waals surface area contributed by atoms with E-state index in [0.717, 1.165) is 37.8 Å². The summed E-state index contributed by atoms with van der Waals surface area (Å²) < 4.78 is 51.8. The fourth-order valence-corrected chi connectivity index (χ4v) is 2.94. The molecule has 8 heteroatoms. The summed E-state index contributed by atoms with van der Waals surface area (Å²) in [5, 5.41) is 2.70. The van der Waals surface area contributed by atoms with Crippen LogP contribution in [-0.2, 0) is 14.8 Å². The third-order valence-electron chi connectivity index (χ3n) is 3.20. The molecule has 130 valence electrons. The van der Waals surface area contributed by atoms with Crippen molar-refractivity contribution in [2.75, 3.05) is 13.1 Å². The summed E-state index contributed by atoms with van der Waals surface area (Å²) in [6, 6.07) is 2.31. The van der Waals surface area contributed by atoms with Crippen molar-refractivity contribution >= 4 is 15.9 Å². The van der Waals surface area contributed by atoms with Crippen LogP contribution < -0.4 is 10.0 Å². The molecule has 0 fully saturated rings. The van der Waals surface area contributed by atoms with Crippen LogP contribution in [-0.4, -0.2) is 27.4 Å². The van der Waals surface area contributed by atoms with Crippen molar-refractivity contribution in [2.45, 2.75) is 43.9 Å². The van der Waals surface area contributed by atoms with Gasteiger partial charge in [0.1, 0.15) is 0 Å². The zero-order chi connectivity index (χ0) is 17.3. The second-order valence-corrected chi connectivity index (χ2v) is 6.90. The number of carbonyl (C=O) groups excluding carboxylic acids is 1. The number of sulfonamides is 1. The summed E-state index contributed by atoms with van der Waals surface area (Å²) in [5.41, 5.74) is 0. The minimum absolute atomic E-state index is 0.0172. The monoisotopic (exact) mass is 348 g/mol. The average molecular weight is 348 g/mol. The van der Waals surface area contributed by atoms with Crippen LogP contribution in [0.4, 0.5) is 8.78 Å². The Kier molecular flexibility index (Phi) is 8.11. The van der Waals surface area contributed by atoms with E-state index in [-0.39, 0.29) is 23.8 Å². The first-order valence-electron chi connectivity index (χ1n) is 7.58. The molecule has 0 saturated carbocycles. The molecule has 23 heavy (non-hydrogen) atoms. The highest BCUT2D eigenvalue weighted by atomic mass is 32.2. The van der Waals surface area contributed by atoms with Gasteiger partial charge in [0.05, 0.1) is 4.90 Å². The van der Waals surface area contributed by atoms with E-state index >= 15 is 0 Å². The van der Waals surface area contributed by atoms with Gasteiger partial charge >= 0.3 is 0 Å². The van der Waals surface area contributed by atoms with Gasteiger partial charge in [-0.1, -0.05) is 26.2 Å². The Balaban J connectivity index is 2.36. The molecule has 0 radical (unpaired) electrons. The first-order chi connectivity index (χ1) is 10.9. The molecule has 0 unspecified atom stereocenters. The van der Waals surface area contributed by atoms with Crippen LogP contribution >= 0.6 is 0 Å². The van der Waals surface area contributed by atoms with Crippen molar-refractivity contribution in [3.63, 3.8) is 0 Å². The summed E-state index contributed by atoms with van der Waals surface area (Å²) >= 11 is 0. The molecule has 1 aromatic rings. The van der Waals surface area contributed by atoms with Gasteiger partial charge in [0.15, 0.2) is 11.6 Å². The molecular weight excluding hydrogens is 326 g/mol. The number of nitrogens with one attached hydrogen (secondary N) is 2. The van der Waals surface area contributed by atoms with Gasteiger partial charge < -0.3 is 5.32 Å². The van der Waals surface area contributed by atoms with Crippen LogP contribution in [0.15, 0.2) is 23.1 Å². The number of halogens is 2. The molecule has 5 nitrogen and oxygen atoms in total. The van der Waals surface area contributed by atoms with Gasteiger partial charge in [-0.25, -0.2) is 21.9 Å². The van der Waals surface area contributed by atoms with Crippen molar-refractivity contribution in [1.82, 2.24) is 10.0 Å². The molecule has 1 rings (SSSR count). The summed E-state index contributed by atoms with van der Waals surface area (Å²) in [5.74, 6) is -2.61. The van der Waals surface area contributed by atoms with E-state index in [0.29, 0.717) is 12.6 Å². The SMILES string of the molecule is CCCCCCNC(=O)CCNS(=O)(=O)c1ccc(F)c(F)c1. The highest BCUT2D eigenvalue weighted by molar-refractivity contribution is 7.89. The average Bonchev–Trinajstić information content (AvgIpc) is 2.49. The van der Waals surface area contributed by atoms with Crippen molar-refractivity contribution in [2.24, 2.45) is 0 Å². The summed E-state index contributed by atoms with van der Waals surface area (Å²) in [6.07, 6.45) is 4.14. The molecule has 2 N–H and O–H groups in total. The molecular formula is C15H22F2N2O3S. The minimum Gasteiger partial charge on any atom is -0.356 e. The zero-order valence-electron chi connectivity index (χ0n) is 13.1. The topological polar surface area (TPSA) is 75.3 Å². The smallest absolute Gasteiger partial charge is 0.240 e. The van der Waals surface area contributed by atoms with Crippen LogP contribution in [0.5, 0.6) is 0 Å². The van der Waals surface area contributed by atoms with Crippen LogP contribution in [0, 0.1) is 11.6 Å². The molecule has 0 atom stereocenters. The van der Waals surface area contributed by atoms with Gasteiger partial charge in [0, 0.05) is 19.5 Å². The Hall–Kier alpha value is -1.54. The highest BCUT2D eigenvalue weighted by Crippen LogP contribution is 2.13. The number of hydrogen-bond acceptors (Lipinski definition) is 3. The molecule has 0 spiro atoms. The number of hydrogen-bond donors (Lipinski definition) is 2. The van der Waals surface area contributed by atoms with E-state index < -0.39 is 21.7 Å². The maximum Gasteiger partial charge on any atom is 0.240 e. The Labute approximate surface area is 135 Å². The van der Waals surface area contributed by atoms with E-state index in [1.54, 1.807) is 0 Å². The molecule has 0 aliphatic heterocycles. The molecule has 0 bridgehead atoms. The fraction of sp³-hybridized carbons (Fsp3) is 0.533. The molecule has 0 aliphatic rings. The zero-order valence-corrected chi connectivity index (χ0v) is 13.9. The number of amides is 1. The normalized spacial score (nSPS) is 11.4. The van der Waals surface area contributed by atoms with E-state index in [1.807, 2.05) is 0 Å². The summed E-state index contributed by atoms with van der Waals surface area (Å²) in [6.45, 7) is 2.55. The second-order valence-electron chi connectivity index (χ2n) is 5.13. The van der Waals surface area contributed by atoms with Crippen LogP contribution in [0.3, 0.4) is 0 Å². The Bertz CT molecular complexity index is 621. The van der Waals surface area contributed by atoms with Gasteiger partial charge in [0.2, 0.25) is 15.9 Å². The summed E-state index contributed by atoms with van der Waals surface area (Å²) in [4.78, 5) is 11.2. The standard InChI is InChI=1S/C15H22F2N2O3S/c1-2-3-4-5-9-18-15(20)8-10-19-23(21,22)12-6-7-13(16)14(17)11-12/h6-7,11,19H,2-5,8-10H2,1H3,(H,18,20). The molecule has 1 aromatic carbocycles. The van der Waals surface area contributed by atoms with E-state index in [2.05, 4.69) is 17.0 Å². The lowest BCUT2D eigenvalue weighted by Gasteiger charge is -2.08. The Morgan fingerprint density at radius 2 is 1.83 bits per heavy atom. The minimum atomic E-state index is -3.96. The molecule has 0 aromatic heterocycles.